The van der Waals surface area contributed by atoms with E-state index in [0.29, 0.717) is 5.56 Å². The fourth-order valence-electron chi connectivity index (χ4n) is 1.31. The molecule has 0 radical (unpaired) electrons. The zero-order valence-electron chi connectivity index (χ0n) is 8.85. The molecule has 0 fully saturated rings. The molecule has 5 heteroatoms. The molecule has 2 rings (SSSR count). The lowest BCUT2D eigenvalue weighted by atomic mass is 10.3. The van der Waals surface area contributed by atoms with Crippen molar-refractivity contribution in [1.29, 1.82) is 5.41 Å². The predicted molar refractivity (Wildman–Crippen MR) is 73.5 cm³/mol. The van der Waals surface area contributed by atoms with Gasteiger partial charge in [-0.25, -0.2) is 4.98 Å². The van der Waals surface area contributed by atoms with Gasteiger partial charge in [-0.05, 0) is 40.2 Å². The molecule has 17 heavy (non-hydrogen) atoms. The van der Waals surface area contributed by atoms with E-state index >= 15 is 0 Å². The first kappa shape index (κ1) is 12.1. The minimum atomic E-state index is 0.0349. The molecule has 3 N–H and O–H groups in total. The van der Waals surface area contributed by atoms with Gasteiger partial charge in [0.15, 0.2) is 0 Å². The molecule has 3 nitrogen and oxygen atoms in total. The summed E-state index contributed by atoms with van der Waals surface area (Å²) in [6.45, 7) is 0. The van der Waals surface area contributed by atoms with Crippen LogP contribution < -0.4 is 5.73 Å². The molecule has 0 bridgehead atoms. The zero-order chi connectivity index (χ0) is 12.3. The summed E-state index contributed by atoms with van der Waals surface area (Å²) in [5, 5.41) is 8.25. The molecule has 0 aliphatic rings. The molecule has 0 unspecified atom stereocenters. The van der Waals surface area contributed by atoms with Crippen LogP contribution in [0.5, 0.6) is 0 Å². The minimum Gasteiger partial charge on any atom is -0.384 e. The second-order valence-electron chi connectivity index (χ2n) is 3.30. The van der Waals surface area contributed by atoms with Crippen molar-refractivity contribution in [3.8, 4) is 0 Å². The summed E-state index contributed by atoms with van der Waals surface area (Å²) in [6.07, 6.45) is 1.70. The lowest BCUT2D eigenvalue weighted by Crippen LogP contribution is -2.12. The molecular formula is C12H10BrN3S. The Kier molecular flexibility index (Phi) is 3.81. The number of aromatic nitrogens is 1. The first-order valence-corrected chi connectivity index (χ1v) is 6.51. The van der Waals surface area contributed by atoms with Crippen molar-refractivity contribution >= 4 is 33.5 Å². The summed E-state index contributed by atoms with van der Waals surface area (Å²) >= 11 is 4.97. The highest BCUT2D eigenvalue weighted by Gasteiger charge is 2.09. The first-order chi connectivity index (χ1) is 8.18. The van der Waals surface area contributed by atoms with Gasteiger partial charge < -0.3 is 5.73 Å². The Bertz CT molecular complexity index is 557. The van der Waals surface area contributed by atoms with Gasteiger partial charge in [0.1, 0.15) is 10.9 Å². The van der Waals surface area contributed by atoms with E-state index in [-0.39, 0.29) is 5.84 Å². The number of nitrogens with two attached hydrogens (primary N) is 1. The molecule has 86 valence electrons. The summed E-state index contributed by atoms with van der Waals surface area (Å²) < 4.78 is 1.00. The lowest BCUT2D eigenvalue weighted by Gasteiger charge is -2.07. The molecule has 1 heterocycles. The fraction of sp³-hybridized carbons (Fsp3) is 0. The third-order valence-corrected chi connectivity index (χ3v) is 4.15. The van der Waals surface area contributed by atoms with E-state index in [1.54, 1.807) is 18.3 Å². The van der Waals surface area contributed by atoms with Gasteiger partial charge in [0.2, 0.25) is 0 Å². The Morgan fingerprint density at radius 1 is 1.24 bits per heavy atom. The SMILES string of the molecule is N=C(N)c1cccnc1Sc1ccccc1Br. The summed E-state index contributed by atoms with van der Waals surface area (Å²) in [6, 6.07) is 11.5. The van der Waals surface area contributed by atoms with Gasteiger partial charge >= 0.3 is 0 Å². The molecule has 0 saturated carbocycles. The molecule has 0 atom stereocenters. The lowest BCUT2D eigenvalue weighted by molar-refractivity contribution is 1.11. The number of halogens is 1. The Hall–Kier alpha value is -1.33. The number of pyridine rings is 1. The zero-order valence-corrected chi connectivity index (χ0v) is 11.3. The number of benzene rings is 1. The smallest absolute Gasteiger partial charge is 0.125 e. The van der Waals surface area contributed by atoms with Crippen LogP contribution in [0.25, 0.3) is 0 Å². The standard InChI is InChI=1S/C12H10BrN3S/c13-9-5-1-2-6-10(9)17-12-8(11(14)15)4-3-7-16-12/h1-7H,(H3,14,15). The molecule has 0 aliphatic heterocycles. The van der Waals surface area contributed by atoms with Crippen LogP contribution in [-0.2, 0) is 0 Å². The summed E-state index contributed by atoms with van der Waals surface area (Å²) in [4.78, 5) is 5.31. The van der Waals surface area contributed by atoms with Crippen LogP contribution in [0.3, 0.4) is 0 Å². The quantitative estimate of drug-likeness (QED) is 0.675. The minimum absolute atomic E-state index is 0.0349. The Balaban J connectivity index is 2.37. The number of nitrogens with zero attached hydrogens (tertiary/aromatic N) is 1. The average molecular weight is 308 g/mol. The van der Waals surface area contributed by atoms with E-state index in [2.05, 4.69) is 20.9 Å². The number of amidine groups is 1. The van der Waals surface area contributed by atoms with Gasteiger partial charge in [0.25, 0.3) is 0 Å². The molecule has 1 aromatic carbocycles. The molecule has 2 aromatic rings. The van der Waals surface area contributed by atoms with Crippen molar-refractivity contribution < 1.29 is 0 Å². The summed E-state index contributed by atoms with van der Waals surface area (Å²) in [5.74, 6) is 0.0349. The van der Waals surface area contributed by atoms with Crippen molar-refractivity contribution in [2.45, 2.75) is 9.92 Å². The number of nitrogens with one attached hydrogen (secondary N) is 1. The number of hydrogen-bond acceptors (Lipinski definition) is 3. The van der Waals surface area contributed by atoms with E-state index in [0.717, 1.165) is 14.4 Å². The Morgan fingerprint density at radius 2 is 2.00 bits per heavy atom. The monoisotopic (exact) mass is 307 g/mol. The summed E-state index contributed by atoms with van der Waals surface area (Å²) in [7, 11) is 0. The third kappa shape index (κ3) is 2.87. The molecule has 0 aliphatic carbocycles. The number of nitrogen functional groups attached to an aromatic ring is 1. The van der Waals surface area contributed by atoms with Crippen LogP contribution >= 0.6 is 27.7 Å². The molecule has 0 spiro atoms. The maximum absolute atomic E-state index is 7.51. The van der Waals surface area contributed by atoms with Crippen molar-refractivity contribution in [3.63, 3.8) is 0 Å². The largest absolute Gasteiger partial charge is 0.384 e. The highest BCUT2D eigenvalue weighted by atomic mass is 79.9. The van der Waals surface area contributed by atoms with E-state index in [1.165, 1.54) is 11.8 Å². The topological polar surface area (TPSA) is 62.8 Å². The van der Waals surface area contributed by atoms with Gasteiger partial charge in [-0.15, -0.1) is 0 Å². The number of rotatable bonds is 3. The predicted octanol–water partition coefficient (Wildman–Crippen LogP) is 3.28. The van der Waals surface area contributed by atoms with Crippen LogP contribution in [0.15, 0.2) is 57.0 Å². The highest BCUT2D eigenvalue weighted by Crippen LogP contribution is 2.33. The van der Waals surface area contributed by atoms with Gasteiger partial charge in [0.05, 0.1) is 0 Å². The van der Waals surface area contributed by atoms with Gasteiger partial charge in [-0.2, -0.15) is 0 Å². The Labute approximate surface area is 112 Å². The van der Waals surface area contributed by atoms with Crippen LogP contribution in [0.1, 0.15) is 5.56 Å². The number of hydrogen-bond donors (Lipinski definition) is 2. The summed E-state index contributed by atoms with van der Waals surface area (Å²) in [5.41, 5.74) is 6.18. The van der Waals surface area contributed by atoms with Crippen molar-refractivity contribution in [1.82, 2.24) is 4.98 Å². The normalized spacial score (nSPS) is 10.2. The van der Waals surface area contributed by atoms with Gasteiger partial charge in [-0.3, -0.25) is 5.41 Å². The van der Waals surface area contributed by atoms with E-state index in [4.69, 9.17) is 11.1 Å². The maximum atomic E-state index is 7.51. The van der Waals surface area contributed by atoms with Gasteiger partial charge in [0, 0.05) is 21.1 Å². The van der Waals surface area contributed by atoms with Crippen LogP contribution in [0, 0.1) is 5.41 Å². The average Bonchev–Trinajstić information content (AvgIpc) is 2.32. The molecule has 1 aromatic heterocycles. The van der Waals surface area contributed by atoms with Crippen molar-refractivity contribution in [2.24, 2.45) is 5.73 Å². The highest BCUT2D eigenvalue weighted by molar-refractivity contribution is 9.10. The van der Waals surface area contributed by atoms with Crippen LogP contribution in [0.2, 0.25) is 0 Å². The second-order valence-corrected chi connectivity index (χ2v) is 5.19. The van der Waals surface area contributed by atoms with E-state index < -0.39 is 0 Å². The fourth-order valence-corrected chi connectivity index (χ4v) is 2.76. The van der Waals surface area contributed by atoms with Crippen molar-refractivity contribution in [3.05, 3.63) is 52.6 Å². The maximum Gasteiger partial charge on any atom is 0.125 e. The molecular weight excluding hydrogens is 298 g/mol. The van der Waals surface area contributed by atoms with E-state index in [1.807, 2.05) is 24.3 Å². The first-order valence-electron chi connectivity index (χ1n) is 4.90. The Morgan fingerprint density at radius 3 is 2.71 bits per heavy atom. The van der Waals surface area contributed by atoms with Crippen LogP contribution in [0.4, 0.5) is 0 Å². The second kappa shape index (κ2) is 5.33. The molecule has 0 amide bonds. The van der Waals surface area contributed by atoms with E-state index in [9.17, 15) is 0 Å². The molecule has 0 saturated heterocycles. The van der Waals surface area contributed by atoms with Crippen molar-refractivity contribution in [2.75, 3.05) is 0 Å². The van der Waals surface area contributed by atoms with Crippen LogP contribution in [-0.4, -0.2) is 10.8 Å². The van der Waals surface area contributed by atoms with Gasteiger partial charge in [-0.1, -0.05) is 23.9 Å². The third-order valence-electron chi connectivity index (χ3n) is 2.10.